The first kappa shape index (κ1) is 18.0. The van der Waals surface area contributed by atoms with Gasteiger partial charge in [0, 0.05) is 24.2 Å². The molecule has 2 heterocycles. The Morgan fingerprint density at radius 2 is 1.93 bits per heavy atom. The van der Waals surface area contributed by atoms with Crippen LogP contribution < -0.4 is 9.64 Å². The van der Waals surface area contributed by atoms with Gasteiger partial charge in [-0.05, 0) is 66.9 Å². The molecular weight excluding hydrogens is 356 g/mol. The molecule has 2 aromatic carbocycles. The summed E-state index contributed by atoms with van der Waals surface area (Å²) >= 11 is 0. The van der Waals surface area contributed by atoms with Crippen LogP contribution in [0.2, 0.25) is 0 Å². The third kappa shape index (κ3) is 3.41. The van der Waals surface area contributed by atoms with Crippen LogP contribution in [-0.2, 0) is 14.3 Å². The van der Waals surface area contributed by atoms with E-state index in [1.54, 1.807) is 18.1 Å². The fourth-order valence-corrected chi connectivity index (χ4v) is 3.39. The highest BCUT2D eigenvalue weighted by Crippen LogP contribution is 2.25. The van der Waals surface area contributed by atoms with Crippen molar-refractivity contribution in [2.45, 2.75) is 19.8 Å². The normalized spacial score (nSPS) is 17.9. The van der Waals surface area contributed by atoms with Gasteiger partial charge >= 0.3 is 5.97 Å². The Morgan fingerprint density at radius 1 is 1.14 bits per heavy atom. The Bertz CT molecular complexity index is 1010. The van der Waals surface area contributed by atoms with Gasteiger partial charge < -0.3 is 14.4 Å². The van der Waals surface area contributed by atoms with Gasteiger partial charge in [-0.25, -0.2) is 9.79 Å². The van der Waals surface area contributed by atoms with Crippen molar-refractivity contribution in [3.63, 3.8) is 0 Å². The number of esters is 1. The summed E-state index contributed by atoms with van der Waals surface area (Å²) in [5.41, 5.74) is 3.61. The number of anilines is 1. The van der Waals surface area contributed by atoms with Gasteiger partial charge in [-0.2, -0.15) is 0 Å². The molecule has 1 fully saturated rings. The summed E-state index contributed by atoms with van der Waals surface area (Å²) in [6, 6.07) is 13.0. The monoisotopic (exact) mass is 376 g/mol. The standard InChI is InChI=1S/C22H20N2O4/c1-14-12-15(5-10-19(14)27-2)13-18-22(26)28-21(23-18)16-6-8-17(9-7-16)24-11-3-4-20(24)25/h5-10,12-13H,3-4,11H2,1-2H3/b18-13-. The fraction of sp³-hybridized carbons (Fsp3) is 0.227. The Labute approximate surface area is 163 Å². The average molecular weight is 376 g/mol. The van der Waals surface area contributed by atoms with Crippen molar-refractivity contribution in [2.75, 3.05) is 18.6 Å². The molecule has 142 valence electrons. The maximum atomic E-state index is 12.2. The van der Waals surface area contributed by atoms with E-state index in [0.29, 0.717) is 12.0 Å². The average Bonchev–Trinajstić information content (AvgIpc) is 3.28. The van der Waals surface area contributed by atoms with Crippen LogP contribution in [-0.4, -0.2) is 31.4 Å². The van der Waals surface area contributed by atoms with Crippen LogP contribution in [0.3, 0.4) is 0 Å². The van der Waals surface area contributed by atoms with Crippen LogP contribution in [0, 0.1) is 6.92 Å². The van der Waals surface area contributed by atoms with E-state index < -0.39 is 5.97 Å². The van der Waals surface area contributed by atoms with Gasteiger partial charge in [0.2, 0.25) is 11.8 Å². The molecule has 2 aliphatic heterocycles. The van der Waals surface area contributed by atoms with Gasteiger partial charge in [-0.3, -0.25) is 4.79 Å². The number of carbonyl (C=O) groups is 2. The zero-order valence-corrected chi connectivity index (χ0v) is 15.8. The molecule has 0 atom stereocenters. The number of cyclic esters (lactones) is 1. The van der Waals surface area contributed by atoms with E-state index in [1.807, 2.05) is 49.4 Å². The molecule has 2 aliphatic rings. The number of aliphatic imine (C=N–C) groups is 1. The first-order chi connectivity index (χ1) is 13.5. The first-order valence-corrected chi connectivity index (χ1v) is 9.13. The van der Waals surface area contributed by atoms with Crippen LogP contribution >= 0.6 is 0 Å². The van der Waals surface area contributed by atoms with Gasteiger partial charge in [-0.15, -0.1) is 0 Å². The van der Waals surface area contributed by atoms with E-state index in [2.05, 4.69) is 4.99 Å². The van der Waals surface area contributed by atoms with Crippen molar-refractivity contribution < 1.29 is 19.1 Å². The molecule has 0 N–H and O–H groups in total. The summed E-state index contributed by atoms with van der Waals surface area (Å²) in [6.45, 7) is 2.68. The number of carbonyl (C=O) groups excluding carboxylic acids is 2. The minimum Gasteiger partial charge on any atom is -0.496 e. The largest absolute Gasteiger partial charge is 0.496 e. The lowest BCUT2D eigenvalue weighted by molar-refractivity contribution is -0.130. The maximum absolute atomic E-state index is 12.2. The number of nitrogens with zero attached hydrogens (tertiary/aromatic N) is 2. The maximum Gasteiger partial charge on any atom is 0.363 e. The number of amides is 1. The molecule has 1 amide bonds. The highest BCUT2D eigenvalue weighted by atomic mass is 16.6. The molecule has 0 unspecified atom stereocenters. The van der Waals surface area contributed by atoms with Crippen LogP contribution in [0.5, 0.6) is 5.75 Å². The van der Waals surface area contributed by atoms with E-state index in [4.69, 9.17) is 9.47 Å². The van der Waals surface area contributed by atoms with Crippen LogP contribution in [0.1, 0.15) is 29.5 Å². The molecule has 0 aromatic heterocycles. The predicted octanol–water partition coefficient (Wildman–Crippen LogP) is 3.47. The quantitative estimate of drug-likeness (QED) is 0.605. The molecule has 0 bridgehead atoms. The van der Waals surface area contributed by atoms with Crippen molar-refractivity contribution in [3.8, 4) is 5.75 Å². The number of benzene rings is 2. The highest BCUT2D eigenvalue weighted by Gasteiger charge is 2.25. The molecule has 0 saturated carbocycles. The topological polar surface area (TPSA) is 68.2 Å². The summed E-state index contributed by atoms with van der Waals surface area (Å²) < 4.78 is 10.6. The van der Waals surface area contributed by atoms with Crippen molar-refractivity contribution in [1.29, 1.82) is 0 Å². The highest BCUT2D eigenvalue weighted by molar-refractivity contribution is 6.13. The number of ether oxygens (including phenoxy) is 2. The summed E-state index contributed by atoms with van der Waals surface area (Å²) in [6.07, 6.45) is 3.16. The molecule has 6 nitrogen and oxygen atoms in total. The molecule has 0 aliphatic carbocycles. The van der Waals surface area contributed by atoms with Gasteiger partial charge in [0.25, 0.3) is 0 Å². The van der Waals surface area contributed by atoms with Gasteiger partial charge in [-0.1, -0.05) is 6.07 Å². The molecule has 0 spiro atoms. The Balaban J connectivity index is 1.57. The van der Waals surface area contributed by atoms with Gasteiger partial charge in [0.1, 0.15) is 5.75 Å². The number of hydrogen-bond donors (Lipinski definition) is 0. The smallest absolute Gasteiger partial charge is 0.363 e. The second-order valence-electron chi connectivity index (χ2n) is 6.76. The number of hydrogen-bond acceptors (Lipinski definition) is 5. The number of aryl methyl sites for hydroxylation is 1. The van der Waals surface area contributed by atoms with Gasteiger partial charge in [0.15, 0.2) is 5.70 Å². The van der Waals surface area contributed by atoms with E-state index in [9.17, 15) is 9.59 Å². The molecular formula is C22H20N2O4. The second kappa shape index (κ2) is 7.31. The SMILES string of the molecule is COc1ccc(/C=C2\N=C(c3ccc(N4CCCC4=O)cc3)OC2=O)cc1C. The van der Waals surface area contributed by atoms with Crippen molar-refractivity contribution in [2.24, 2.45) is 4.99 Å². The third-order valence-electron chi connectivity index (χ3n) is 4.84. The second-order valence-corrected chi connectivity index (χ2v) is 6.76. The summed E-state index contributed by atoms with van der Waals surface area (Å²) in [4.78, 5) is 30.2. The van der Waals surface area contributed by atoms with Crippen LogP contribution in [0.25, 0.3) is 6.08 Å². The summed E-state index contributed by atoms with van der Waals surface area (Å²) in [7, 11) is 1.62. The Kier molecular flexibility index (Phi) is 4.69. The summed E-state index contributed by atoms with van der Waals surface area (Å²) in [5.74, 6) is 0.706. The number of methoxy groups -OCH3 is 1. The van der Waals surface area contributed by atoms with Crippen molar-refractivity contribution in [3.05, 3.63) is 64.9 Å². The van der Waals surface area contributed by atoms with E-state index in [0.717, 1.165) is 35.5 Å². The fourth-order valence-electron chi connectivity index (χ4n) is 3.39. The molecule has 1 saturated heterocycles. The molecule has 6 heteroatoms. The molecule has 0 radical (unpaired) electrons. The molecule has 2 aromatic rings. The van der Waals surface area contributed by atoms with Crippen LogP contribution in [0.15, 0.2) is 53.2 Å². The Hall–Kier alpha value is -3.41. The van der Waals surface area contributed by atoms with Crippen LogP contribution in [0.4, 0.5) is 5.69 Å². The summed E-state index contributed by atoms with van der Waals surface area (Å²) in [5, 5.41) is 0. The Morgan fingerprint density at radius 3 is 2.57 bits per heavy atom. The minimum absolute atomic E-state index is 0.136. The van der Waals surface area contributed by atoms with E-state index in [-0.39, 0.29) is 17.5 Å². The van der Waals surface area contributed by atoms with E-state index >= 15 is 0 Å². The minimum atomic E-state index is -0.484. The lowest BCUT2D eigenvalue weighted by atomic mass is 10.1. The zero-order chi connectivity index (χ0) is 19.7. The van der Waals surface area contributed by atoms with Crippen molar-refractivity contribution in [1.82, 2.24) is 0 Å². The molecule has 4 rings (SSSR count). The zero-order valence-electron chi connectivity index (χ0n) is 15.8. The number of rotatable bonds is 4. The van der Waals surface area contributed by atoms with Gasteiger partial charge in [0.05, 0.1) is 7.11 Å². The predicted molar refractivity (Wildman–Crippen MR) is 106 cm³/mol. The van der Waals surface area contributed by atoms with E-state index in [1.165, 1.54) is 0 Å². The lowest BCUT2D eigenvalue weighted by Gasteiger charge is -2.15. The van der Waals surface area contributed by atoms with Crippen molar-refractivity contribution >= 4 is 29.5 Å². The first-order valence-electron chi connectivity index (χ1n) is 9.13. The third-order valence-corrected chi connectivity index (χ3v) is 4.84. The molecule has 28 heavy (non-hydrogen) atoms. The lowest BCUT2D eigenvalue weighted by Crippen LogP contribution is -2.23.